The van der Waals surface area contributed by atoms with E-state index >= 15 is 0 Å². The Labute approximate surface area is 167 Å². The van der Waals surface area contributed by atoms with Crippen LogP contribution in [0, 0.1) is 5.92 Å². The Kier molecular flexibility index (Phi) is 5.86. The largest absolute Gasteiger partial charge is 0.342 e. The lowest BCUT2D eigenvalue weighted by molar-refractivity contribution is -0.131. The molecule has 0 aromatic heterocycles. The van der Waals surface area contributed by atoms with Crippen molar-refractivity contribution in [2.24, 2.45) is 5.92 Å². The van der Waals surface area contributed by atoms with Crippen LogP contribution in [0.15, 0.2) is 84.9 Å². The smallest absolute Gasteiger partial charge is 0.226 e. The molecule has 0 spiro atoms. The van der Waals surface area contributed by atoms with Crippen LogP contribution >= 0.6 is 0 Å². The van der Waals surface area contributed by atoms with Gasteiger partial charge in [-0.2, -0.15) is 0 Å². The molecule has 0 radical (unpaired) electrons. The Morgan fingerprint density at radius 1 is 0.714 bits per heavy atom. The van der Waals surface area contributed by atoms with Crippen molar-refractivity contribution in [1.29, 1.82) is 0 Å². The number of piperidine rings is 1. The molecular weight excluding hydrogens is 342 g/mol. The molecule has 28 heavy (non-hydrogen) atoms. The highest BCUT2D eigenvalue weighted by Crippen LogP contribution is 2.24. The van der Waals surface area contributed by atoms with Crippen LogP contribution < -0.4 is 0 Å². The Morgan fingerprint density at radius 2 is 1.29 bits per heavy atom. The van der Waals surface area contributed by atoms with E-state index in [1.807, 2.05) is 35.2 Å². The zero-order valence-corrected chi connectivity index (χ0v) is 16.3. The quantitative estimate of drug-likeness (QED) is 0.591. The van der Waals surface area contributed by atoms with E-state index in [4.69, 9.17) is 0 Å². The topological polar surface area (TPSA) is 20.3 Å². The van der Waals surface area contributed by atoms with Crippen molar-refractivity contribution in [2.75, 3.05) is 13.1 Å². The van der Waals surface area contributed by atoms with Crippen molar-refractivity contribution in [1.82, 2.24) is 4.90 Å². The maximum absolute atomic E-state index is 12.5. The first-order valence-corrected chi connectivity index (χ1v) is 10.2. The number of likely N-dealkylation sites (tertiary alicyclic amines) is 1. The van der Waals surface area contributed by atoms with Crippen molar-refractivity contribution in [3.05, 3.63) is 96.1 Å². The molecule has 2 nitrogen and oxygen atoms in total. The summed E-state index contributed by atoms with van der Waals surface area (Å²) in [6.07, 6.45) is 3.82. The summed E-state index contributed by atoms with van der Waals surface area (Å²) in [5, 5.41) is 0. The van der Waals surface area contributed by atoms with Crippen molar-refractivity contribution in [3.63, 3.8) is 0 Å². The number of amides is 1. The van der Waals surface area contributed by atoms with Crippen molar-refractivity contribution in [2.45, 2.75) is 25.7 Å². The van der Waals surface area contributed by atoms with Crippen LogP contribution in [0.25, 0.3) is 11.1 Å². The van der Waals surface area contributed by atoms with E-state index in [1.165, 1.54) is 16.7 Å². The molecule has 1 amide bonds. The molecule has 0 atom stereocenters. The van der Waals surface area contributed by atoms with E-state index < -0.39 is 0 Å². The number of carbonyl (C=O) groups excluding carboxylic acids is 1. The molecule has 4 rings (SSSR count). The molecule has 0 aliphatic carbocycles. The van der Waals surface area contributed by atoms with Gasteiger partial charge in [-0.1, -0.05) is 84.9 Å². The lowest BCUT2D eigenvalue weighted by Crippen LogP contribution is -2.39. The monoisotopic (exact) mass is 369 g/mol. The van der Waals surface area contributed by atoms with Gasteiger partial charge in [0.2, 0.25) is 5.91 Å². The van der Waals surface area contributed by atoms with Gasteiger partial charge in [0.1, 0.15) is 0 Å². The molecule has 1 fully saturated rings. The maximum Gasteiger partial charge on any atom is 0.226 e. The fourth-order valence-electron chi connectivity index (χ4n) is 4.07. The molecule has 0 unspecified atom stereocenters. The fraction of sp³-hybridized carbons (Fsp3) is 0.269. The maximum atomic E-state index is 12.5. The number of carbonyl (C=O) groups is 1. The molecule has 142 valence electrons. The second-order valence-electron chi connectivity index (χ2n) is 7.75. The predicted octanol–water partition coefficient (Wildman–Crippen LogP) is 5.38. The van der Waals surface area contributed by atoms with Crippen LogP contribution in [0.3, 0.4) is 0 Å². The average molecular weight is 370 g/mol. The summed E-state index contributed by atoms with van der Waals surface area (Å²) in [7, 11) is 0. The highest BCUT2D eigenvalue weighted by atomic mass is 16.2. The van der Waals surface area contributed by atoms with Gasteiger partial charge in [-0.25, -0.2) is 0 Å². The molecule has 1 aliphatic heterocycles. The van der Waals surface area contributed by atoms with Crippen molar-refractivity contribution >= 4 is 5.91 Å². The lowest BCUT2D eigenvalue weighted by atomic mass is 9.89. The van der Waals surface area contributed by atoms with Gasteiger partial charge >= 0.3 is 0 Å². The zero-order valence-electron chi connectivity index (χ0n) is 16.3. The van der Waals surface area contributed by atoms with Crippen molar-refractivity contribution in [3.8, 4) is 11.1 Å². The standard InChI is InChI=1S/C26H27NO/c28-26(20-21-7-3-1-4-8-21)27-17-15-23(16-18-27)19-22-11-13-25(14-12-22)24-9-5-2-6-10-24/h1-14,23H,15-20H2. The summed E-state index contributed by atoms with van der Waals surface area (Å²) < 4.78 is 0. The molecular formula is C26H27NO. The van der Waals surface area contributed by atoms with Crippen LogP contribution in [0.5, 0.6) is 0 Å². The van der Waals surface area contributed by atoms with Crippen LogP contribution in [-0.4, -0.2) is 23.9 Å². The molecule has 0 bridgehead atoms. The van der Waals surface area contributed by atoms with Gasteiger partial charge in [-0.05, 0) is 47.4 Å². The number of hydrogen-bond donors (Lipinski definition) is 0. The Balaban J connectivity index is 1.28. The number of nitrogens with zero attached hydrogens (tertiary/aromatic N) is 1. The lowest BCUT2D eigenvalue weighted by Gasteiger charge is -2.32. The average Bonchev–Trinajstić information content (AvgIpc) is 2.76. The summed E-state index contributed by atoms with van der Waals surface area (Å²) >= 11 is 0. The minimum atomic E-state index is 0.261. The third-order valence-electron chi connectivity index (χ3n) is 5.75. The van der Waals surface area contributed by atoms with Crippen LogP contribution in [0.1, 0.15) is 24.0 Å². The predicted molar refractivity (Wildman–Crippen MR) is 115 cm³/mol. The number of hydrogen-bond acceptors (Lipinski definition) is 1. The van der Waals surface area contributed by atoms with Gasteiger partial charge in [-0.3, -0.25) is 4.79 Å². The number of benzene rings is 3. The first-order valence-electron chi connectivity index (χ1n) is 10.2. The molecule has 3 aromatic carbocycles. The number of rotatable bonds is 5. The summed E-state index contributed by atoms with van der Waals surface area (Å²) in [5.41, 5.74) is 5.03. The molecule has 0 N–H and O–H groups in total. The van der Waals surface area contributed by atoms with Crippen LogP contribution in [0.2, 0.25) is 0 Å². The molecule has 1 saturated heterocycles. The minimum absolute atomic E-state index is 0.261. The normalized spacial score (nSPS) is 14.8. The molecule has 2 heteroatoms. The molecule has 0 saturated carbocycles. The molecule has 1 aliphatic rings. The van der Waals surface area contributed by atoms with Gasteiger partial charge < -0.3 is 4.90 Å². The van der Waals surface area contributed by atoms with Gasteiger partial charge in [0.15, 0.2) is 0 Å². The molecule has 3 aromatic rings. The fourth-order valence-corrected chi connectivity index (χ4v) is 4.07. The summed E-state index contributed by atoms with van der Waals surface area (Å²) in [6.45, 7) is 1.77. The summed E-state index contributed by atoms with van der Waals surface area (Å²) in [4.78, 5) is 14.6. The zero-order chi connectivity index (χ0) is 19.2. The van der Waals surface area contributed by atoms with Gasteiger partial charge in [0.05, 0.1) is 6.42 Å². The third kappa shape index (κ3) is 4.69. The van der Waals surface area contributed by atoms with Crippen LogP contribution in [0.4, 0.5) is 0 Å². The highest BCUT2D eigenvalue weighted by Gasteiger charge is 2.22. The van der Waals surface area contributed by atoms with E-state index in [1.54, 1.807) is 0 Å². The Hall–Kier alpha value is -2.87. The second kappa shape index (κ2) is 8.88. The second-order valence-corrected chi connectivity index (χ2v) is 7.75. The van der Waals surface area contributed by atoms with Gasteiger partial charge in [0.25, 0.3) is 0 Å². The Morgan fingerprint density at radius 3 is 1.93 bits per heavy atom. The first kappa shape index (κ1) is 18.5. The summed E-state index contributed by atoms with van der Waals surface area (Å²) in [5.74, 6) is 0.931. The van der Waals surface area contributed by atoms with Crippen molar-refractivity contribution < 1.29 is 4.79 Å². The highest BCUT2D eigenvalue weighted by molar-refractivity contribution is 5.78. The van der Waals surface area contributed by atoms with E-state index in [-0.39, 0.29) is 5.91 Å². The van der Waals surface area contributed by atoms with Gasteiger partial charge in [0, 0.05) is 13.1 Å². The Bertz CT molecular complexity index is 879. The van der Waals surface area contributed by atoms with Crippen LogP contribution in [-0.2, 0) is 17.6 Å². The van der Waals surface area contributed by atoms with Gasteiger partial charge in [-0.15, -0.1) is 0 Å². The first-order chi connectivity index (χ1) is 13.8. The SMILES string of the molecule is O=C(Cc1ccccc1)N1CCC(Cc2ccc(-c3ccccc3)cc2)CC1. The van der Waals surface area contributed by atoms with E-state index in [0.29, 0.717) is 12.3 Å². The van der Waals surface area contributed by atoms with E-state index in [0.717, 1.165) is 37.9 Å². The third-order valence-corrected chi connectivity index (χ3v) is 5.75. The van der Waals surface area contributed by atoms with E-state index in [2.05, 4.69) is 54.6 Å². The van der Waals surface area contributed by atoms with E-state index in [9.17, 15) is 4.79 Å². The molecule has 1 heterocycles. The summed E-state index contributed by atoms with van der Waals surface area (Å²) in [6, 6.07) is 29.5. The minimum Gasteiger partial charge on any atom is -0.342 e.